The lowest BCUT2D eigenvalue weighted by Crippen LogP contribution is -2.45. The molecule has 2 N–H and O–H groups in total. The predicted molar refractivity (Wildman–Crippen MR) is 133 cm³/mol. The maximum absolute atomic E-state index is 14.5. The Kier molecular flexibility index (Phi) is 5.97. The molecule has 8 nitrogen and oxygen atoms in total. The van der Waals surface area contributed by atoms with Crippen molar-refractivity contribution < 1.29 is 9.18 Å². The van der Waals surface area contributed by atoms with Gasteiger partial charge in [-0.2, -0.15) is 5.10 Å². The monoisotopic (exact) mass is 511 g/mol. The Hall–Kier alpha value is -3.45. The van der Waals surface area contributed by atoms with E-state index >= 15 is 0 Å². The number of halogens is 3. The number of nitrogens with two attached hydrogens (primary N) is 1. The summed E-state index contributed by atoms with van der Waals surface area (Å²) in [4.78, 5) is 22.8. The number of fused-ring (bicyclic) bond motifs is 1. The highest BCUT2D eigenvalue weighted by Gasteiger charge is 2.29. The molecule has 0 unspecified atom stereocenters. The van der Waals surface area contributed by atoms with Gasteiger partial charge in [0.05, 0.1) is 12.1 Å². The van der Waals surface area contributed by atoms with Crippen LogP contribution in [0.4, 0.5) is 10.1 Å². The largest absolute Gasteiger partial charge is 0.336 e. The maximum Gasteiger partial charge on any atom is 0.275 e. The van der Waals surface area contributed by atoms with Crippen molar-refractivity contribution in [3.63, 3.8) is 0 Å². The summed E-state index contributed by atoms with van der Waals surface area (Å²) in [6, 6.07) is 9.39. The summed E-state index contributed by atoms with van der Waals surface area (Å²) in [6.07, 6.45) is 1.63. The van der Waals surface area contributed by atoms with E-state index in [1.807, 2.05) is 0 Å². The zero-order valence-electron chi connectivity index (χ0n) is 18.7. The number of carbonyl (C=O) groups excluding carboxylic acids is 1. The molecule has 1 fully saturated rings. The van der Waals surface area contributed by atoms with Gasteiger partial charge in [0.1, 0.15) is 21.9 Å². The van der Waals surface area contributed by atoms with Crippen LogP contribution >= 0.6 is 23.2 Å². The number of likely N-dealkylation sites (tertiary alicyclic amines) is 1. The average Bonchev–Trinajstić information content (AvgIpc) is 3.34. The second-order valence-corrected chi connectivity index (χ2v) is 9.17. The molecule has 0 aliphatic carbocycles. The van der Waals surface area contributed by atoms with Crippen molar-refractivity contribution in [1.82, 2.24) is 24.2 Å². The normalized spacial score (nSPS) is 16.0. The summed E-state index contributed by atoms with van der Waals surface area (Å²) in [5.74, 6) is -0.776. The average molecular weight is 512 g/mol. The first-order valence-corrected chi connectivity index (χ1v) is 11.7. The van der Waals surface area contributed by atoms with Crippen molar-refractivity contribution in [1.29, 1.82) is 0 Å². The topological polar surface area (TPSA) is 86.3 Å². The molecule has 1 saturated heterocycles. The number of aromatic nitrogens is 4. The molecule has 5 rings (SSSR count). The quantitative estimate of drug-likeness (QED) is 0.392. The van der Waals surface area contributed by atoms with E-state index in [4.69, 9.17) is 35.5 Å². The minimum absolute atomic E-state index is 0.0443. The number of hydrogen-bond acceptors (Lipinski definition) is 4. The third-order valence-electron chi connectivity index (χ3n) is 6.10. The van der Waals surface area contributed by atoms with Gasteiger partial charge >= 0.3 is 0 Å². The second kappa shape index (κ2) is 8.96. The molecule has 178 valence electrons. The van der Waals surface area contributed by atoms with Crippen LogP contribution < -0.4 is 5.73 Å². The molecule has 1 atom stereocenters. The Balaban J connectivity index is 1.70. The standard InChI is InChI=1S/C24H20Cl2FN7O/c1-29-19-7-5-13(10-17(19)27)23-30-20(24(35)33-9-3-4-14(28)12-33)22(26)34(23)15-6-8-18-16(11-15)21(25)32(2)31-18/h5-8,10-11,14H,3-4,9,12,28H2,2H3/t14-/m1/s1. The van der Waals surface area contributed by atoms with E-state index in [2.05, 4.69) is 14.9 Å². The Morgan fingerprint density at radius 1 is 1.23 bits per heavy atom. The summed E-state index contributed by atoms with van der Waals surface area (Å²) < 4.78 is 17.7. The van der Waals surface area contributed by atoms with Crippen molar-refractivity contribution >= 4 is 45.7 Å². The highest BCUT2D eigenvalue weighted by molar-refractivity contribution is 6.34. The zero-order valence-corrected chi connectivity index (χ0v) is 20.2. The number of piperidine rings is 1. The van der Waals surface area contributed by atoms with Gasteiger partial charge in [-0.15, -0.1) is 0 Å². The minimum atomic E-state index is -0.691. The number of nitrogens with zero attached hydrogens (tertiary/aromatic N) is 6. The van der Waals surface area contributed by atoms with Crippen LogP contribution in [0.3, 0.4) is 0 Å². The minimum Gasteiger partial charge on any atom is -0.336 e. The highest BCUT2D eigenvalue weighted by Crippen LogP contribution is 2.35. The number of imidazole rings is 1. The molecule has 1 aliphatic heterocycles. The molecule has 2 aromatic heterocycles. The first-order valence-electron chi connectivity index (χ1n) is 10.9. The molecule has 0 bridgehead atoms. The molecule has 4 aromatic rings. The van der Waals surface area contributed by atoms with E-state index in [-0.39, 0.29) is 34.3 Å². The Morgan fingerprint density at radius 3 is 2.74 bits per heavy atom. The Morgan fingerprint density at radius 2 is 2.03 bits per heavy atom. The smallest absolute Gasteiger partial charge is 0.275 e. The molecule has 2 aromatic carbocycles. The summed E-state index contributed by atoms with van der Waals surface area (Å²) in [7, 11) is 1.74. The molecule has 0 spiro atoms. The van der Waals surface area contributed by atoms with Gasteiger partial charge in [0.2, 0.25) is 5.69 Å². The van der Waals surface area contributed by atoms with Crippen molar-refractivity contribution in [2.75, 3.05) is 13.1 Å². The molecule has 0 radical (unpaired) electrons. The molecule has 35 heavy (non-hydrogen) atoms. The summed E-state index contributed by atoms with van der Waals surface area (Å²) in [5.41, 5.74) is 7.63. The molecule has 11 heteroatoms. The summed E-state index contributed by atoms with van der Waals surface area (Å²) >= 11 is 13.2. The van der Waals surface area contributed by atoms with E-state index in [1.54, 1.807) is 45.5 Å². The lowest BCUT2D eigenvalue weighted by Gasteiger charge is -2.30. The highest BCUT2D eigenvalue weighted by atomic mass is 35.5. The Labute approximate surface area is 210 Å². The van der Waals surface area contributed by atoms with E-state index in [0.29, 0.717) is 40.4 Å². The second-order valence-electron chi connectivity index (χ2n) is 8.46. The lowest BCUT2D eigenvalue weighted by molar-refractivity contribution is 0.0703. The fourth-order valence-corrected chi connectivity index (χ4v) is 4.83. The van der Waals surface area contributed by atoms with Crippen LogP contribution in [0, 0.1) is 12.4 Å². The number of rotatable bonds is 3. The van der Waals surface area contributed by atoms with Crippen molar-refractivity contribution in [3.8, 4) is 17.1 Å². The summed E-state index contributed by atoms with van der Waals surface area (Å²) in [6.45, 7) is 8.08. The number of aryl methyl sites for hydroxylation is 1. The van der Waals surface area contributed by atoms with E-state index < -0.39 is 5.82 Å². The van der Waals surface area contributed by atoms with Crippen LogP contribution in [0.1, 0.15) is 23.3 Å². The number of amides is 1. The van der Waals surface area contributed by atoms with Crippen LogP contribution in [-0.4, -0.2) is 49.3 Å². The molecule has 0 saturated carbocycles. The van der Waals surface area contributed by atoms with Gasteiger partial charge < -0.3 is 10.6 Å². The van der Waals surface area contributed by atoms with Gasteiger partial charge in [-0.3, -0.25) is 14.0 Å². The van der Waals surface area contributed by atoms with E-state index in [0.717, 1.165) is 12.8 Å². The molecule has 1 amide bonds. The summed E-state index contributed by atoms with van der Waals surface area (Å²) in [5, 5.41) is 5.56. The number of carbonyl (C=O) groups is 1. The maximum atomic E-state index is 14.5. The Bertz CT molecular complexity index is 1520. The van der Waals surface area contributed by atoms with Crippen molar-refractivity contribution in [2.24, 2.45) is 12.8 Å². The van der Waals surface area contributed by atoms with Gasteiger partial charge in [-0.05, 0) is 37.1 Å². The molecule has 1 aliphatic rings. The fourth-order valence-electron chi connectivity index (χ4n) is 4.34. The van der Waals surface area contributed by atoms with Crippen LogP contribution in [0.25, 0.3) is 32.8 Å². The first kappa shape index (κ1) is 23.3. The van der Waals surface area contributed by atoms with Gasteiger partial charge in [-0.25, -0.2) is 14.2 Å². The van der Waals surface area contributed by atoms with Gasteiger partial charge in [-0.1, -0.05) is 35.3 Å². The SMILES string of the molecule is [C-]#[N+]c1ccc(-c2nc(C(=O)N3CCC[C@@H](N)C3)c(Cl)n2-c2ccc3nn(C)c(Cl)c3c2)cc1F. The van der Waals surface area contributed by atoms with Gasteiger partial charge in [0.15, 0.2) is 5.69 Å². The predicted octanol–water partition coefficient (Wildman–Crippen LogP) is 4.99. The number of hydrogen-bond donors (Lipinski definition) is 1. The van der Waals surface area contributed by atoms with E-state index in [1.165, 1.54) is 12.1 Å². The lowest BCUT2D eigenvalue weighted by atomic mass is 10.1. The van der Waals surface area contributed by atoms with Gasteiger partial charge in [0, 0.05) is 42.8 Å². The third-order valence-corrected chi connectivity index (χ3v) is 6.89. The fraction of sp³-hybridized carbons (Fsp3) is 0.250. The molecule has 3 heterocycles. The van der Waals surface area contributed by atoms with Crippen LogP contribution in [-0.2, 0) is 7.05 Å². The van der Waals surface area contributed by atoms with Crippen molar-refractivity contribution in [3.05, 3.63) is 69.6 Å². The third kappa shape index (κ3) is 4.04. The van der Waals surface area contributed by atoms with E-state index in [9.17, 15) is 9.18 Å². The molecular formula is C24H20Cl2FN7O. The van der Waals surface area contributed by atoms with Crippen LogP contribution in [0.2, 0.25) is 10.3 Å². The van der Waals surface area contributed by atoms with Crippen LogP contribution in [0.15, 0.2) is 36.4 Å². The van der Waals surface area contributed by atoms with Crippen molar-refractivity contribution in [2.45, 2.75) is 18.9 Å². The van der Waals surface area contributed by atoms with Gasteiger partial charge in [0.25, 0.3) is 5.91 Å². The molecular weight excluding hydrogens is 492 g/mol. The number of benzene rings is 2. The first-order chi connectivity index (χ1) is 16.8. The van der Waals surface area contributed by atoms with Crippen LogP contribution in [0.5, 0.6) is 0 Å². The zero-order chi connectivity index (χ0) is 24.9.